The van der Waals surface area contributed by atoms with E-state index in [1.165, 1.54) is 36.0 Å². The fourth-order valence-electron chi connectivity index (χ4n) is 3.32. The Morgan fingerprint density at radius 3 is 2.42 bits per heavy atom. The molecule has 1 heteroatoms. The van der Waals surface area contributed by atoms with Gasteiger partial charge in [0.15, 0.2) is 0 Å². The highest BCUT2D eigenvalue weighted by Gasteiger charge is 2.40. The van der Waals surface area contributed by atoms with Gasteiger partial charge in [0.25, 0.3) is 0 Å². The van der Waals surface area contributed by atoms with Crippen LogP contribution in [-0.4, -0.2) is 6.61 Å². The van der Waals surface area contributed by atoms with Gasteiger partial charge in [-0.1, -0.05) is 56.3 Å². The van der Waals surface area contributed by atoms with Gasteiger partial charge in [0, 0.05) is 5.41 Å². The molecule has 1 fully saturated rings. The Kier molecular flexibility index (Phi) is 7.94. The van der Waals surface area contributed by atoms with Crippen LogP contribution in [0.4, 0.5) is 0 Å². The fourth-order valence-corrected chi connectivity index (χ4v) is 3.32. The van der Waals surface area contributed by atoms with Crippen LogP contribution in [0.2, 0.25) is 0 Å². The first-order valence-electron chi connectivity index (χ1n) is 10.1. The van der Waals surface area contributed by atoms with Gasteiger partial charge in [-0.2, -0.15) is 0 Å². The molecule has 0 heterocycles. The molecule has 2 rings (SSSR count). The van der Waals surface area contributed by atoms with Crippen molar-refractivity contribution in [1.29, 1.82) is 0 Å². The Labute approximate surface area is 160 Å². The zero-order valence-corrected chi connectivity index (χ0v) is 17.3. The summed E-state index contributed by atoms with van der Waals surface area (Å²) in [7, 11) is 0. The highest BCUT2D eigenvalue weighted by molar-refractivity contribution is 5.14. The Balaban J connectivity index is 1.85. The maximum atomic E-state index is 6.01. The molecule has 0 aliphatic heterocycles. The van der Waals surface area contributed by atoms with Gasteiger partial charge in [0.1, 0.15) is 0 Å². The third-order valence-corrected chi connectivity index (χ3v) is 5.26. The van der Waals surface area contributed by atoms with Crippen LogP contribution >= 0.6 is 0 Å². The van der Waals surface area contributed by atoms with Crippen LogP contribution in [-0.2, 0) is 11.3 Å². The van der Waals surface area contributed by atoms with Gasteiger partial charge < -0.3 is 4.74 Å². The molecule has 142 valence electrons. The van der Waals surface area contributed by atoms with E-state index in [0.29, 0.717) is 17.3 Å². The zero-order chi connectivity index (χ0) is 19.0. The molecule has 1 aliphatic carbocycles. The minimum atomic E-state index is 0.298. The Morgan fingerprint density at radius 2 is 1.85 bits per heavy atom. The Morgan fingerprint density at radius 1 is 1.15 bits per heavy atom. The maximum absolute atomic E-state index is 6.01. The minimum absolute atomic E-state index is 0.298. The lowest BCUT2D eigenvalue weighted by molar-refractivity contribution is 0.0924. The van der Waals surface area contributed by atoms with E-state index in [9.17, 15) is 0 Å². The van der Waals surface area contributed by atoms with E-state index in [1.807, 2.05) is 0 Å². The lowest BCUT2D eigenvalue weighted by atomic mass is 9.88. The number of hydrogen-bond acceptors (Lipinski definition) is 1. The predicted octanol–water partition coefficient (Wildman–Crippen LogP) is 7.10. The van der Waals surface area contributed by atoms with Crippen LogP contribution in [0.15, 0.2) is 59.4 Å². The van der Waals surface area contributed by atoms with Crippen molar-refractivity contribution in [3.63, 3.8) is 0 Å². The number of allylic oxidation sites excluding steroid dienone is 2. The molecular weight excluding hydrogens is 316 g/mol. The van der Waals surface area contributed by atoms with Gasteiger partial charge in [-0.25, -0.2) is 0 Å². The van der Waals surface area contributed by atoms with Gasteiger partial charge >= 0.3 is 0 Å². The molecule has 0 N–H and O–H groups in total. The van der Waals surface area contributed by atoms with E-state index in [4.69, 9.17) is 4.74 Å². The molecule has 1 aromatic rings. The first-order chi connectivity index (χ1) is 12.4. The van der Waals surface area contributed by atoms with Crippen molar-refractivity contribution in [2.24, 2.45) is 17.3 Å². The molecule has 0 unspecified atom stereocenters. The van der Waals surface area contributed by atoms with Gasteiger partial charge in [-0.05, 0) is 75.0 Å². The standard InChI is InChI=1S/C25H36O/c1-20(2)17-22(5)11-12-24(21(3)4)13-14-25(15-16-25)19-26-18-23-9-7-6-8-10-23/h6-10,13-14,21,24H,11-12,15-16,18-19H2,1-5H3/b14-13+/t24-/m1/s1. The molecular formula is C25H36O. The van der Waals surface area contributed by atoms with Crippen molar-refractivity contribution in [1.82, 2.24) is 0 Å². The van der Waals surface area contributed by atoms with Crippen LogP contribution in [0.3, 0.4) is 0 Å². The number of ether oxygens (including phenoxy) is 1. The summed E-state index contributed by atoms with van der Waals surface area (Å²) >= 11 is 0. The summed E-state index contributed by atoms with van der Waals surface area (Å²) in [4.78, 5) is 0. The molecule has 1 aliphatic rings. The maximum Gasteiger partial charge on any atom is 0.0717 e. The number of hydrogen-bond donors (Lipinski definition) is 0. The van der Waals surface area contributed by atoms with Crippen LogP contribution < -0.4 is 0 Å². The van der Waals surface area contributed by atoms with Crippen molar-refractivity contribution in [2.45, 2.75) is 66.9 Å². The minimum Gasteiger partial charge on any atom is -0.376 e. The van der Waals surface area contributed by atoms with Gasteiger partial charge in [-0.15, -0.1) is 5.73 Å². The molecule has 0 spiro atoms. The molecule has 1 aromatic carbocycles. The molecule has 0 aromatic heterocycles. The molecule has 0 radical (unpaired) electrons. The highest BCUT2D eigenvalue weighted by Crippen LogP contribution is 2.48. The molecule has 1 nitrogen and oxygen atoms in total. The monoisotopic (exact) mass is 352 g/mol. The second-order valence-electron chi connectivity index (χ2n) is 8.55. The van der Waals surface area contributed by atoms with Crippen molar-refractivity contribution < 1.29 is 4.74 Å². The predicted molar refractivity (Wildman–Crippen MR) is 112 cm³/mol. The summed E-state index contributed by atoms with van der Waals surface area (Å²) in [6.07, 6.45) is 9.80. The molecule has 0 bridgehead atoms. The van der Waals surface area contributed by atoms with E-state index in [1.54, 1.807) is 0 Å². The highest BCUT2D eigenvalue weighted by atomic mass is 16.5. The zero-order valence-electron chi connectivity index (χ0n) is 17.3. The third kappa shape index (κ3) is 7.36. The third-order valence-electron chi connectivity index (χ3n) is 5.26. The first-order valence-corrected chi connectivity index (χ1v) is 10.1. The van der Waals surface area contributed by atoms with Gasteiger partial charge in [-0.3, -0.25) is 0 Å². The lowest BCUT2D eigenvalue weighted by Gasteiger charge is -2.18. The molecule has 0 amide bonds. The summed E-state index contributed by atoms with van der Waals surface area (Å²) < 4.78 is 6.01. The van der Waals surface area contributed by atoms with Crippen LogP contribution in [0.5, 0.6) is 0 Å². The molecule has 26 heavy (non-hydrogen) atoms. The van der Waals surface area contributed by atoms with Crippen molar-refractivity contribution >= 4 is 0 Å². The Hall–Kier alpha value is -1.56. The largest absolute Gasteiger partial charge is 0.376 e. The topological polar surface area (TPSA) is 9.23 Å². The number of rotatable bonds is 10. The summed E-state index contributed by atoms with van der Waals surface area (Å²) in [6.45, 7) is 12.7. The lowest BCUT2D eigenvalue weighted by Crippen LogP contribution is -2.11. The summed E-state index contributed by atoms with van der Waals surface area (Å²) in [5, 5.41) is 0. The average molecular weight is 353 g/mol. The van der Waals surface area contributed by atoms with Crippen LogP contribution in [0.1, 0.15) is 65.9 Å². The van der Waals surface area contributed by atoms with Gasteiger partial charge in [0.05, 0.1) is 13.2 Å². The normalized spacial score (nSPS) is 16.5. The summed E-state index contributed by atoms with van der Waals surface area (Å²) in [5.41, 5.74) is 7.65. The van der Waals surface area contributed by atoms with Gasteiger partial charge in [0.2, 0.25) is 0 Å². The van der Waals surface area contributed by atoms with Crippen LogP contribution in [0, 0.1) is 17.3 Å². The summed E-state index contributed by atoms with van der Waals surface area (Å²) in [6, 6.07) is 10.5. The Bertz CT molecular complexity index is 636. The molecule has 0 saturated heterocycles. The average Bonchev–Trinajstić information content (AvgIpc) is 3.35. The summed E-state index contributed by atoms with van der Waals surface area (Å²) in [5.74, 6) is 1.31. The molecule has 1 atom stereocenters. The van der Waals surface area contributed by atoms with Crippen molar-refractivity contribution in [3.05, 3.63) is 64.9 Å². The SMILES string of the molecule is CC(C)=C=C(C)CC[C@H](/C=C/C1(COCc2ccccc2)CC1)C(C)C. The van der Waals surface area contributed by atoms with E-state index in [0.717, 1.165) is 19.6 Å². The van der Waals surface area contributed by atoms with E-state index < -0.39 is 0 Å². The molecule has 1 saturated carbocycles. The second kappa shape index (κ2) is 9.95. The smallest absolute Gasteiger partial charge is 0.0717 e. The first kappa shape index (κ1) is 20.7. The van der Waals surface area contributed by atoms with Crippen molar-refractivity contribution in [3.8, 4) is 0 Å². The van der Waals surface area contributed by atoms with E-state index in [-0.39, 0.29) is 0 Å². The number of benzene rings is 1. The quantitative estimate of drug-likeness (QED) is 0.322. The fraction of sp³-hybridized carbons (Fsp3) is 0.560. The van der Waals surface area contributed by atoms with Crippen LogP contribution in [0.25, 0.3) is 0 Å². The second-order valence-corrected chi connectivity index (χ2v) is 8.55. The van der Waals surface area contributed by atoms with E-state index >= 15 is 0 Å². The van der Waals surface area contributed by atoms with Crippen molar-refractivity contribution in [2.75, 3.05) is 6.61 Å². The van der Waals surface area contributed by atoms with E-state index in [2.05, 4.69) is 82.8 Å².